The van der Waals surface area contributed by atoms with Gasteiger partial charge in [-0.2, -0.15) is 0 Å². The van der Waals surface area contributed by atoms with Crippen molar-refractivity contribution in [2.75, 3.05) is 6.54 Å². The summed E-state index contributed by atoms with van der Waals surface area (Å²) in [6, 6.07) is 3.63. The maximum absolute atomic E-state index is 12.2. The summed E-state index contributed by atoms with van der Waals surface area (Å²) in [5.74, 6) is 1.29. The van der Waals surface area contributed by atoms with Crippen LogP contribution in [-0.4, -0.2) is 28.2 Å². The zero-order valence-corrected chi connectivity index (χ0v) is 12.2. The first-order chi connectivity index (χ1) is 9.43. The molecule has 2 rings (SSSR count). The van der Waals surface area contributed by atoms with Gasteiger partial charge in [0.25, 0.3) is 5.91 Å². The van der Waals surface area contributed by atoms with Gasteiger partial charge in [-0.15, -0.1) is 0 Å². The molecule has 0 bridgehead atoms. The fraction of sp³-hybridized carbons (Fsp3) is 0.429. The molecule has 3 N–H and O–H groups in total. The van der Waals surface area contributed by atoms with Crippen LogP contribution < -0.4 is 11.1 Å². The number of hydrogen-bond donors (Lipinski definition) is 2. The fourth-order valence-corrected chi connectivity index (χ4v) is 2.16. The van der Waals surface area contributed by atoms with E-state index in [0.29, 0.717) is 17.9 Å². The Morgan fingerprint density at radius 1 is 1.45 bits per heavy atom. The molecule has 0 unspecified atom stereocenters. The molecule has 2 heterocycles. The molecule has 0 spiro atoms. The quantitative estimate of drug-likeness (QED) is 0.885. The molecule has 0 aromatic carbocycles. The van der Waals surface area contributed by atoms with Gasteiger partial charge in [-0.05, 0) is 33.8 Å². The van der Waals surface area contributed by atoms with E-state index in [4.69, 9.17) is 10.3 Å². The molecule has 20 heavy (non-hydrogen) atoms. The maximum Gasteiger partial charge on any atom is 0.253 e. The monoisotopic (exact) mass is 276 g/mol. The summed E-state index contributed by atoms with van der Waals surface area (Å²) in [7, 11) is 0. The molecule has 108 valence electrons. The van der Waals surface area contributed by atoms with Gasteiger partial charge in [-0.1, -0.05) is 5.16 Å². The molecule has 2 aromatic heterocycles. The summed E-state index contributed by atoms with van der Waals surface area (Å²) in [4.78, 5) is 12.2. The number of carbonyl (C=O) groups excluding carboxylic acids is 1. The fourth-order valence-electron chi connectivity index (χ4n) is 2.16. The Balaban J connectivity index is 2.36. The van der Waals surface area contributed by atoms with E-state index in [-0.39, 0.29) is 11.9 Å². The third-order valence-electron chi connectivity index (χ3n) is 3.25. The zero-order chi connectivity index (χ0) is 14.9. The molecule has 1 atom stereocenters. The molecule has 0 saturated heterocycles. The largest absolute Gasteiger partial charge is 0.360 e. The minimum absolute atomic E-state index is 0.0557. The second kappa shape index (κ2) is 5.50. The van der Waals surface area contributed by atoms with Crippen molar-refractivity contribution in [2.45, 2.75) is 33.7 Å². The highest BCUT2D eigenvalue weighted by Crippen LogP contribution is 2.20. The van der Waals surface area contributed by atoms with Gasteiger partial charge in [0.05, 0.1) is 5.56 Å². The van der Waals surface area contributed by atoms with E-state index in [1.165, 1.54) is 0 Å². The lowest BCUT2D eigenvalue weighted by atomic mass is 10.2. The van der Waals surface area contributed by atoms with Crippen LogP contribution in [0.1, 0.15) is 34.4 Å². The highest BCUT2D eigenvalue weighted by Gasteiger charge is 2.19. The number of nitrogens with zero attached hydrogens (tertiary/aromatic N) is 2. The Labute approximate surface area is 117 Å². The minimum Gasteiger partial charge on any atom is -0.360 e. The zero-order valence-electron chi connectivity index (χ0n) is 12.2. The van der Waals surface area contributed by atoms with Crippen LogP contribution in [0.5, 0.6) is 0 Å². The van der Waals surface area contributed by atoms with Crippen LogP contribution in [-0.2, 0) is 0 Å². The molecule has 0 aliphatic heterocycles. The van der Waals surface area contributed by atoms with Crippen LogP contribution in [0.15, 0.2) is 16.7 Å². The van der Waals surface area contributed by atoms with Crippen LogP contribution in [0, 0.1) is 20.8 Å². The van der Waals surface area contributed by atoms with Crippen LogP contribution in [0.3, 0.4) is 0 Å². The summed E-state index contributed by atoms with van der Waals surface area (Å²) in [5, 5.41) is 6.86. The van der Waals surface area contributed by atoms with Crippen molar-refractivity contribution in [3.8, 4) is 5.82 Å². The van der Waals surface area contributed by atoms with E-state index in [1.807, 2.05) is 44.4 Å². The highest BCUT2D eigenvalue weighted by atomic mass is 16.5. The smallest absolute Gasteiger partial charge is 0.253 e. The second-order valence-corrected chi connectivity index (χ2v) is 5.03. The number of aromatic nitrogens is 2. The summed E-state index contributed by atoms with van der Waals surface area (Å²) in [5.41, 5.74) is 7.91. The Morgan fingerprint density at radius 2 is 2.15 bits per heavy atom. The van der Waals surface area contributed by atoms with Crippen molar-refractivity contribution in [1.82, 2.24) is 15.0 Å². The van der Waals surface area contributed by atoms with Gasteiger partial charge in [0.2, 0.25) is 0 Å². The Morgan fingerprint density at radius 3 is 2.70 bits per heavy atom. The maximum atomic E-state index is 12.2. The molecule has 1 amide bonds. The Hall–Kier alpha value is -2.08. The minimum atomic E-state index is -0.123. The van der Waals surface area contributed by atoms with Crippen LogP contribution in [0.25, 0.3) is 5.82 Å². The van der Waals surface area contributed by atoms with Crippen molar-refractivity contribution in [1.29, 1.82) is 0 Å². The Kier molecular flexibility index (Phi) is 3.94. The van der Waals surface area contributed by atoms with Gasteiger partial charge < -0.3 is 15.6 Å². The van der Waals surface area contributed by atoms with Crippen molar-refractivity contribution in [3.63, 3.8) is 0 Å². The van der Waals surface area contributed by atoms with Gasteiger partial charge in [-0.25, -0.2) is 0 Å². The lowest BCUT2D eigenvalue weighted by Crippen LogP contribution is -2.37. The highest BCUT2D eigenvalue weighted by molar-refractivity contribution is 5.96. The van der Waals surface area contributed by atoms with Crippen molar-refractivity contribution in [3.05, 3.63) is 34.8 Å². The standard InChI is InChI=1S/C14H20N4O2/c1-8(7-15)16-14(19)12-5-9(2)18(11(12)4)13-6-10(3)20-17-13/h5-6,8H,7,15H2,1-4H3,(H,16,19)/t8-/m0/s1. The van der Waals surface area contributed by atoms with E-state index in [2.05, 4.69) is 10.5 Å². The van der Waals surface area contributed by atoms with E-state index >= 15 is 0 Å². The van der Waals surface area contributed by atoms with E-state index < -0.39 is 0 Å². The average Bonchev–Trinajstić information content (AvgIpc) is 2.93. The molecular weight excluding hydrogens is 256 g/mol. The van der Waals surface area contributed by atoms with Crippen LogP contribution in [0.2, 0.25) is 0 Å². The summed E-state index contributed by atoms with van der Waals surface area (Å²) in [6.45, 7) is 7.94. The average molecular weight is 276 g/mol. The molecular formula is C14H20N4O2. The van der Waals surface area contributed by atoms with Gasteiger partial charge >= 0.3 is 0 Å². The molecule has 0 aliphatic carbocycles. The predicted octanol–water partition coefficient (Wildman–Crippen LogP) is 1.47. The number of nitrogens with one attached hydrogen (secondary N) is 1. The number of carbonyl (C=O) groups is 1. The van der Waals surface area contributed by atoms with E-state index in [9.17, 15) is 4.79 Å². The number of aryl methyl sites for hydroxylation is 2. The molecule has 6 heteroatoms. The van der Waals surface area contributed by atoms with Crippen molar-refractivity contribution in [2.24, 2.45) is 5.73 Å². The lowest BCUT2D eigenvalue weighted by Gasteiger charge is -2.11. The summed E-state index contributed by atoms with van der Waals surface area (Å²) in [6.07, 6.45) is 0. The molecule has 6 nitrogen and oxygen atoms in total. The van der Waals surface area contributed by atoms with Gasteiger partial charge in [0, 0.05) is 30.0 Å². The van der Waals surface area contributed by atoms with Crippen molar-refractivity contribution < 1.29 is 9.32 Å². The van der Waals surface area contributed by atoms with Gasteiger partial charge in [0.15, 0.2) is 5.82 Å². The lowest BCUT2D eigenvalue weighted by molar-refractivity contribution is 0.0940. The molecule has 0 aliphatic rings. The third kappa shape index (κ3) is 2.60. The summed E-state index contributed by atoms with van der Waals surface area (Å²) < 4.78 is 6.99. The molecule has 0 radical (unpaired) electrons. The number of rotatable bonds is 4. The van der Waals surface area contributed by atoms with Crippen LogP contribution in [0.4, 0.5) is 0 Å². The van der Waals surface area contributed by atoms with Crippen LogP contribution >= 0.6 is 0 Å². The molecule has 0 fully saturated rings. The predicted molar refractivity (Wildman–Crippen MR) is 76.0 cm³/mol. The third-order valence-corrected chi connectivity index (χ3v) is 3.25. The first kappa shape index (κ1) is 14.3. The van der Waals surface area contributed by atoms with E-state index in [1.54, 1.807) is 0 Å². The topological polar surface area (TPSA) is 86.1 Å². The Bertz CT molecular complexity index is 627. The molecule has 2 aromatic rings. The summed E-state index contributed by atoms with van der Waals surface area (Å²) >= 11 is 0. The number of nitrogens with two attached hydrogens (primary N) is 1. The first-order valence-corrected chi connectivity index (χ1v) is 6.57. The van der Waals surface area contributed by atoms with Gasteiger partial charge in [-0.3, -0.25) is 9.36 Å². The SMILES string of the molecule is Cc1cc(-n2c(C)cc(C(=O)N[C@@H](C)CN)c2C)no1. The number of amides is 1. The first-order valence-electron chi connectivity index (χ1n) is 6.57. The van der Waals surface area contributed by atoms with Crippen molar-refractivity contribution >= 4 is 5.91 Å². The normalized spacial score (nSPS) is 12.4. The molecule has 0 saturated carbocycles. The number of hydrogen-bond acceptors (Lipinski definition) is 4. The van der Waals surface area contributed by atoms with Gasteiger partial charge in [0.1, 0.15) is 5.76 Å². The van der Waals surface area contributed by atoms with E-state index in [0.717, 1.165) is 17.1 Å². The second-order valence-electron chi connectivity index (χ2n) is 5.03.